The summed E-state index contributed by atoms with van der Waals surface area (Å²) >= 11 is 2.06. The Morgan fingerprint density at radius 3 is 3.14 bits per heavy atom. The maximum atomic E-state index is 2.76. The zero-order valence-electron chi connectivity index (χ0n) is 13.5. The van der Waals surface area contributed by atoms with Gasteiger partial charge in [0, 0.05) is 43.0 Å². The molecule has 1 saturated heterocycles. The maximum absolute atomic E-state index is 2.76. The lowest BCUT2D eigenvalue weighted by Crippen LogP contribution is -2.46. The molecule has 0 saturated carbocycles. The summed E-state index contributed by atoms with van der Waals surface area (Å²) < 4.78 is 0. The maximum Gasteiger partial charge on any atom is 0.0543 e. The molecule has 22 heavy (non-hydrogen) atoms. The molecule has 3 aliphatic rings. The SMILES string of the molecule is CC/C=C/CN1CC[C@@H]2[C@H](C1)c1cccc3c1N2CCCS3. The van der Waals surface area contributed by atoms with Gasteiger partial charge < -0.3 is 4.90 Å². The Morgan fingerprint density at radius 1 is 1.27 bits per heavy atom. The van der Waals surface area contributed by atoms with Crippen LogP contribution in [0.2, 0.25) is 0 Å². The summed E-state index contributed by atoms with van der Waals surface area (Å²) in [5.74, 6) is 2.00. The fourth-order valence-electron chi connectivity index (χ4n) is 4.36. The van der Waals surface area contributed by atoms with Crippen LogP contribution in [0.4, 0.5) is 5.69 Å². The van der Waals surface area contributed by atoms with Crippen molar-refractivity contribution in [2.45, 2.75) is 43.0 Å². The van der Waals surface area contributed by atoms with Gasteiger partial charge in [0.15, 0.2) is 0 Å². The fraction of sp³-hybridized carbons (Fsp3) is 0.579. The topological polar surface area (TPSA) is 6.48 Å². The molecular weight excluding hydrogens is 288 g/mol. The molecule has 3 heterocycles. The van der Waals surface area contributed by atoms with E-state index in [1.165, 1.54) is 43.1 Å². The van der Waals surface area contributed by atoms with Crippen molar-refractivity contribution in [2.24, 2.45) is 0 Å². The van der Waals surface area contributed by atoms with E-state index in [1.807, 2.05) is 0 Å². The van der Waals surface area contributed by atoms with Crippen molar-refractivity contribution in [2.75, 3.05) is 36.8 Å². The Kier molecular flexibility index (Phi) is 4.19. The van der Waals surface area contributed by atoms with Crippen molar-refractivity contribution in [3.05, 3.63) is 35.9 Å². The summed E-state index contributed by atoms with van der Waals surface area (Å²) in [6, 6.07) is 7.76. The molecule has 4 rings (SSSR count). The zero-order valence-corrected chi connectivity index (χ0v) is 14.3. The van der Waals surface area contributed by atoms with E-state index in [-0.39, 0.29) is 0 Å². The number of hydrogen-bond donors (Lipinski definition) is 0. The molecule has 0 spiro atoms. The summed E-state index contributed by atoms with van der Waals surface area (Å²) in [7, 11) is 0. The second-order valence-electron chi connectivity index (χ2n) is 6.69. The van der Waals surface area contributed by atoms with Crippen LogP contribution in [0.3, 0.4) is 0 Å². The van der Waals surface area contributed by atoms with Crippen LogP contribution >= 0.6 is 11.8 Å². The molecule has 0 aromatic heterocycles. The summed E-state index contributed by atoms with van der Waals surface area (Å²) in [6.45, 7) is 7.08. The zero-order chi connectivity index (χ0) is 14.9. The number of rotatable bonds is 3. The number of thioether (sulfide) groups is 1. The van der Waals surface area contributed by atoms with Gasteiger partial charge in [-0.2, -0.15) is 0 Å². The van der Waals surface area contributed by atoms with E-state index in [1.54, 1.807) is 11.3 Å². The van der Waals surface area contributed by atoms with Gasteiger partial charge in [0.2, 0.25) is 0 Å². The lowest BCUT2D eigenvalue weighted by molar-refractivity contribution is 0.211. The molecule has 0 bridgehead atoms. The van der Waals surface area contributed by atoms with E-state index >= 15 is 0 Å². The monoisotopic (exact) mass is 314 g/mol. The highest BCUT2D eigenvalue weighted by molar-refractivity contribution is 7.99. The first-order chi connectivity index (χ1) is 10.9. The number of nitrogens with zero attached hydrogens (tertiary/aromatic N) is 2. The Morgan fingerprint density at radius 2 is 2.23 bits per heavy atom. The summed E-state index contributed by atoms with van der Waals surface area (Å²) in [6.07, 6.45) is 8.45. The highest BCUT2D eigenvalue weighted by atomic mass is 32.2. The number of benzene rings is 1. The molecule has 118 valence electrons. The van der Waals surface area contributed by atoms with Crippen molar-refractivity contribution in [3.63, 3.8) is 0 Å². The molecule has 1 aromatic rings. The minimum absolute atomic E-state index is 0.720. The lowest BCUT2D eigenvalue weighted by atomic mass is 9.89. The third-order valence-electron chi connectivity index (χ3n) is 5.34. The van der Waals surface area contributed by atoms with Crippen molar-refractivity contribution >= 4 is 17.4 Å². The number of fused-ring (bicyclic) bond motifs is 3. The molecule has 0 aliphatic carbocycles. The van der Waals surface area contributed by atoms with Crippen LogP contribution in [-0.4, -0.2) is 42.9 Å². The van der Waals surface area contributed by atoms with Crippen LogP contribution in [0.15, 0.2) is 35.2 Å². The van der Waals surface area contributed by atoms with Crippen molar-refractivity contribution < 1.29 is 0 Å². The molecule has 2 nitrogen and oxygen atoms in total. The standard InChI is InChI=1S/C19H26N2S/c1-2-3-4-10-20-12-9-17-16(14-20)15-7-5-8-18-19(15)21(17)11-6-13-22-18/h3-5,7-8,16-17H,2,6,9-14H2,1H3/b4-3+/t16-,17-/m1/s1. The average Bonchev–Trinajstić information content (AvgIpc) is 2.71. The van der Waals surface area contributed by atoms with Gasteiger partial charge in [0.25, 0.3) is 0 Å². The molecular formula is C19H26N2S. The fourth-order valence-corrected chi connectivity index (χ4v) is 5.40. The molecule has 1 fully saturated rings. The first kappa shape index (κ1) is 14.6. The molecule has 0 radical (unpaired) electrons. The van der Waals surface area contributed by atoms with Gasteiger partial charge >= 0.3 is 0 Å². The van der Waals surface area contributed by atoms with Crippen LogP contribution in [0.5, 0.6) is 0 Å². The van der Waals surface area contributed by atoms with E-state index in [4.69, 9.17) is 0 Å². The first-order valence-electron chi connectivity index (χ1n) is 8.78. The number of likely N-dealkylation sites (tertiary alicyclic amines) is 1. The van der Waals surface area contributed by atoms with Gasteiger partial charge in [0.05, 0.1) is 5.69 Å². The molecule has 1 aromatic carbocycles. The van der Waals surface area contributed by atoms with Crippen LogP contribution in [0, 0.1) is 0 Å². The Labute approximate surface area is 138 Å². The number of anilines is 1. The largest absolute Gasteiger partial charge is 0.367 e. The van der Waals surface area contributed by atoms with E-state index in [0.717, 1.165) is 24.9 Å². The van der Waals surface area contributed by atoms with Crippen molar-refractivity contribution in [1.82, 2.24) is 4.90 Å². The van der Waals surface area contributed by atoms with Gasteiger partial charge in [-0.05, 0) is 36.6 Å². The third-order valence-corrected chi connectivity index (χ3v) is 6.48. The Balaban J connectivity index is 1.60. The summed E-state index contributed by atoms with van der Waals surface area (Å²) in [5.41, 5.74) is 3.21. The normalized spacial score (nSPS) is 27.8. The van der Waals surface area contributed by atoms with Crippen LogP contribution < -0.4 is 4.90 Å². The van der Waals surface area contributed by atoms with Crippen LogP contribution in [0.25, 0.3) is 0 Å². The van der Waals surface area contributed by atoms with E-state index in [9.17, 15) is 0 Å². The molecule has 0 N–H and O–H groups in total. The molecule has 2 atom stereocenters. The second kappa shape index (κ2) is 6.29. The minimum Gasteiger partial charge on any atom is -0.367 e. The van der Waals surface area contributed by atoms with Gasteiger partial charge in [-0.15, -0.1) is 11.8 Å². The Hall–Kier alpha value is -0.930. The number of para-hydroxylation sites is 1. The molecule has 0 unspecified atom stereocenters. The van der Waals surface area contributed by atoms with Gasteiger partial charge in [-0.25, -0.2) is 0 Å². The third kappa shape index (κ3) is 2.48. The second-order valence-corrected chi connectivity index (χ2v) is 7.83. The quantitative estimate of drug-likeness (QED) is 0.775. The van der Waals surface area contributed by atoms with Gasteiger partial charge in [-0.3, -0.25) is 4.90 Å². The molecule has 3 heteroatoms. The van der Waals surface area contributed by atoms with Gasteiger partial charge in [0.1, 0.15) is 0 Å². The number of piperidine rings is 1. The van der Waals surface area contributed by atoms with Crippen molar-refractivity contribution in [1.29, 1.82) is 0 Å². The van der Waals surface area contributed by atoms with Crippen LogP contribution in [-0.2, 0) is 0 Å². The first-order valence-corrected chi connectivity index (χ1v) is 9.76. The summed E-state index contributed by atoms with van der Waals surface area (Å²) in [4.78, 5) is 6.93. The van der Waals surface area contributed by atoms with E-state index < -0.39 is 0 Å². The Bertz CT molecular complexity index is 569. The van der Waals surface area contributed by atoms with Gasteiger partial charge in [-0.1, -0.05) is 31.2 Å². The van der Waals surface area contributed by atoms with Crippen molar-refractivity contribution in [3.8, 4) is 0 Å². The predicted molar refractivity (Wildman–Crippen MR) is 96.1 cm³/mol. The smallest absolute Gasteiger partial charge is 0.0543 e. The van der Waals surface area contributed by atoms with Crippen LogP contribution in [0.1, 0.15) is 37.7 Å². The number of allylic oxidation sites excluding steroid dienone is 1. The van der Waals surface area contributed by atoms with E-state index in [0.29, 0.717) is 0 Å². The minimum atomic E-state index is 0.720. The average molecular weight is 314 g/mol. The predicted octanol–water partition coefficient (Wildman–Crippen LogP) is 4.13. The van der Waals surface area contributed by atoms with E-state index in [2.05, 4.69) is 58.8 Å². The summed E-state index contributed by atoms with van der Waals surface area (Å²) in [5, 5.41) is 0. The lowest BCUT2D eigenvalue weighted by Gasteiger charge is -2.38. The molecule has 0 amide bonds. The molecule has 3 aliphatic heterocycles. The highest BCUT2D eigenvalue weighted by Gasteiger charge is 2.42. The number of hydrogen-bond acceptors (Lipinski definition) is 3. The highest BCUT2D eigenvalue weighted by Crippen LogP contribution is 2.50.